The van der Waals surface area contributed by atoms with E-state index >= 15 is 0 Å². The van der Waals surface area contributed by atoms with Gasteiger partial charge in [0.25, 0.3) is 5.56 Å². The van der Waals surface area contributed by atoms with Crippen LogP contribution in [0.25, 0.3) is 6.08 Å². The molecule has 0 saturated carbocycles. The number of fused-ring (bicyclic) bond motifs is 1. The Bertz CT molecular complexity index is 1100. The zero-order valence-electron chi connectivity index (χ0n) is 13.6. The minimum atomic E-state index is 0.0144. The molecule has 0 saturated heterocycles. The third-order valence-electron chi connectivity index (χ3n) is 4.12. The van der Waals surface area contributed by atoms with E-state index in [1.54, 1.807) is 4.57 Å². The second kappa shape index (κ2) is 6.61. The van der Waals surface area contributed by atoms with Crippen LogP contribution in [-0.4, -0.2) is 11.2 Å². The van der Waals surface area contributed by atoms with Gasteiger partial charge in [0.15, 0.2) is 4.80 Å². The first-order valence-corrected chi connectivity index (χ1v) is 9.54. The second-order valence-corrected chi connectivity index (χ2v) is 7.92. The number of benzene rings is 2. The largest absolute Gasteiger partial charge is 0.334 e. The van der Waals surface area contributed by atoms with E-state index in [4.69, 9.17) is 0 Å². The summed E-state index contributed by atoms with van der Waals surface area (Å²) >= 11 is 4.91. The van der Waals surface area contributed by atoms with Crippen LogP contribution in [0, 0.1) is 6.92 Å². The SMILES string of the molecule is Cc1ccc(N2CN=c3s/c(=C\c4cccc(Br)c4)c(=O)n3C2)cc1. The van der Waals surface area contributed by atoms with Crippen LogP contribution in [0.15, 0.2) is 62.8 Å². The summed E-state index contributed by atoms with van der Waals surface area (Å²) in [6.07, 6.45) is 1.93. The lowest BCUT2D eigenvalue weighted by atomic mass is 10.2. The van der Waals surface area contributed by atoms with Crippen molar-refractivity contribution >= 4 is 39.0 Å². The average Bonchev–Trinajstić information content (AvgIpc) is 2.91. The molecule has 4 nitrogen and oxygen atoms in total. The van der Waals surface area contributed by atoms with Gasteiger partial charge in [-0.3, -0.25) is 9.36 Å². The molecule has 0 spiro atoms. The highest BCUT2D eigenvalue weighted by Gasteiger charge is 2.15. The van der Waals surface area contributed by atoms with E-state index in [1.165, 1.54) is 16.9 Å². The van der Waals surface area contributed by atoms with E-state index in [2.05, 4.69) is 57.0 Å². The maximum Gasteiger partial charge on any atom is 0.271 e. The molecule has 25 heavy (non-hydrogen) atoms. The van der Waals surface area contributed by atoms with Crippen molar-refractivity contribution in [1.82, 2.24) is 4.57 Å². The van der Waals surface area contributed by atoms with Crippen molar-refractivity contribution in [2.45, 2.75) is 13.6 Å². The Balaban J connectivity index is 1.71. The molecule has 0 fully saturated rings. The predicted molar refractivity (Wildman–Crippen MR) is 106 cm³/mol. The monoisotopic (exact) mass is 413 g/mol. The summed E-state index contributed by atoms with van der Waals surface area (Å²) in [5, 5.41) is 0. The molecule has 0 radical (unpaired) electrons. The van der Waals surface area contributed by atoms with Gasteiger partial charge in [-0.15, -0.1) is 0 Å². The maximum absolute atomic E-state index is 12.8. The molecular formula is C19H16BrN3OS. The van der Waals surface area contributed by atoms with Gasteiger partial charge >= 0.3 is 0 Å². The molecule has 0 bridgehead atoms. The lowest BCUT2D eigenvalue weighted by molar-refractivity contribution is 0.569. The minimum absolute atomic E-state index is 0.0144. The number of hydrogen-bond donors (Lipinski definition) is 0. The van der Waals surface area contributed by atoms with E-state index in [0.29, 0.717) is 17.9 Å². The van der Waals surface area contributed by atoms with Gasteiger partial charge < -0.3 is 4.90 Å². The average molecular weight is 414 g/mol. The van der Waals surface area contributed by atoms with Gasteiger partial charge in [-0.25, -0.2) is 4.99 Å². The van der Waals surface area contributed by atoms with Crippen LogP contribution >= 0.6 is 27.3 Å². The van der Waals surface area contributed by atoms with Crippen LogP contribution < -0.4 is 19.8 Å². The van der Waals surface area contributed by atoms with Crippen LogP contribution in [0.4, 0.5) is 5.69 Å². The topological polar surface area (TPSA) is 37.6 Å². The fourth-order valence-corrected chi connectivity index (χ4v) is 4.16. The van der Waals surface area contributed by atoms with Gasteiger partial charge in [0.05, 0.1) is 4.53 Å². The number of aromatic nitrogens is 1. The summed E-state index contributed by atoms with van der Waals surface area (Å²) in [5.74, 6) is 0. The molecule has 126 valence electrons. The molecule has 0 atom stereocenters. The van der Waals surface area contributed by atoms with Gasteiger partial charge in [0, 0.05) is 10.2 Å². The summed E-state index contributed by atoms with van der Waals surface area (Å²) in [6.45, 7) is 3.17. The van der Waals surface area contributed by atoms with Gasteiger partial charge in [-0.05, 0) is 42.8 Å². The number of rotatable bonds is 2. The Morgan fingerprint density at radius 1 is 1.20 bits per heavy atom. The van der Waals surface area contributed by atoms with Crippen molar-refractivity contribution in [1.29, 1.82) is 0 Å². The molecule has 3 aromatic rings. The normalized spacial score (nSPS) is 14.3. The summed E-state index contributed by atoms with van der Waals surface area (Å²) in [4.78, 5) is 20.3. The Morgan fingerprint density at radius 2 is 2.00 bits per heavy atom. The van der Waals surface area contributed by atoms with Crippen LogP contribution in [0.5, 0.6) is 0 Å². The number of nitrogens with zero attached hydrogens (tertiary/aromatic N) is 3. The number of anilines is 1. The highest BCUT2D eigenvalue weighted by Crippen LogP contribution is 2.16. The first-order valence-electron chi connectivity index (χ1n) is 7.93. The third kappa shape index (κ3) is 3.32. The van der Waals surface area contributed by atoms with Crippen molar-refractivity contribution in [3.05, 3.63) is 83.8 Å². The van der Waals surface area contributed by atoms with Crippen LogP contribution in [0.1, 0.15) is 11.1 Å². The van der Waals surface area contributed by atoms with E-state index in [-0.39, 0.29) is 5.56 Å². The lowest BCUT2D eigenvalue weighted by Crippen LogP contribution is -2.42. The molecule has 0 N–H and O–H groups in total. The molecule has 1 aliphatic rings. The lowest BCUT2D eigenvalue weighted by Gasteiger charge is -2.25. The zero-order valence-corrected chi connectivity index (χ0v) is 16.0. The molecule has 4 rings (SSSR count). The van der Waals surface area contributed by atoms with E-state index < -0.39 is 0 Å². The first-order chi connectivity index (χ1) is 12.1. The van der Waals surface area contributed by atoms with Crippen LogP contribution in [-0.2, 0) is 6.67 Å². The van der Waals surface area contributed by atoms with E-state index in [1.807, 2.05) is 30.3 Å². The van der Waals surface area contributed by atoms with Crippen LogP contribution in [0.3, 0.4) is 0 Å². The molecule has 0 unspecified atom stereocenters. The van der Waals surface area contributed by atoms with Gasteiger partial charge in [0.2, 0.25) is 0 Å². The number of halogens is 1. The molecule has 2 aromatic carbocycles. The molecule has 0 amide bonds. The number of hydrogen-bond acceptors (Lipinski definition) is 4. The number of aryl methyl sites for hydroxylation is 1. The molecular weight excluding hydrogens is 398 g/mol. The number of thiazole rings is 1. The zero-order chi connectivity index (χ0) is 17.4. The van der Waals surface area contributed by atoms with Gasteiger partial charge in [-0.2, -0.15) is 0 Å². The summed E-state index contributed by atoms with van der Waals surface area (Å²) in [5.41, 5.74) is 3.31. The Kier molecular flexibility index (Phi) is 4.31. The van der Waals surface area contributed by atoms with Crippen LogP contribution in [0.2, 0.25) is 0 Å². The Labute approximate surface area is 157 Å². The van der Waals surface area contributed by atoms with Crippen molar-refractivity contribution in [2.75, 3.05) is 11.6 Å². The minimum Gasteiger partial charge on any atom is -0.334 e. The second-order valence-electron chi connectivity index (χ2n) is 6.00. The van der Waals surface area contributed by atoms with Gasteiger partial charge in [0.1, 0.15) is 13.3 Å². The quantitative estimate of drug-likeness (QED) is 0.647. The summed E-state index contributed by atoms with van der Waals surface area (Å²) < 4.78 is 3.46. The Hall–Kier alpha value is -2.18. The first kappa shape index (κ1) is 16.3. The van der Waals surface area contributed by atoms with Gasteiger partial charge in [-0.1, -0.05) is 57.1 Å². The van der Waals surface area contributed by atoms with Crippen molar-refractivity contribution in [3.8, 4) is 0 Å². The van der Waals surface area contributed by atoms with Crippen molar-refractivity contribution in [2.24, 2.45) is 4.99 Å². The molecule has 6 heteroatoms. The molecule has 1 aliphatic heterocycles. The fraction of sp³-hybridized carbons (Fsp3) is 0.158. The molecule has 0 aliphatic carbocycles. The highest BCUT2D eigenvalue weighted by molar-refractivity contribution is 9.10. The Morgan fingerprint density at radius 3 is 2.76 bits per heavy atom. The summed E-state index contributed by atoms with van der Waals surface area (Å²) in [6, 6.07) is 16.2. The standard InChI is InChI=1S/C19H16BrN3OS/c1-13-5-7-16(8-6-13)22-11-21-19-23(12-22)18(24)17(25-19)10-14-3-2-4-15(20)9-14/h2-10H,11-12H2,1H3/b17-10-. The smallest absolute Gasteiger partial charge is 0.271 e. The predicted octanol–water partition coefficient (Wildman–Crippen LogP) is 2.86. The highest BCUT2D eigenvalue weighted by atomic mass is 79.9. The van der Waals surface area contributed by atoms with Crippen molar-refractivity contribution in [3.63, 3.8) is 0 Å². The van der Waals surface area contributed by atoms with Crippen molar-refractivity contribution < 1.29 is 0 Å². The molecule has 2 heterocycles. The van der Waals surface area contributed by atoms with E-state index in [9.17, 15) is 4.79 Å². The fourth-order valence-electron chi connectivity index (χ4n) is 2.78. The third-order valence-corrected chi connectivity index (χ3v) is 5.66. The maximum atomic E-state index is 12.8. The van der Waals surface area contributed by atoms with E-state index in [0.717, 1.165) is 20.5 Å². The summed E-state index contributed by atoms with van der Waals surface area (Å²) in [7, 11) is 0. The molecule has 1 aromatic heterocycles.